The maximum atomic E-state index is 13.1. The Morgan fingerprint density at radius 2 is 1.30 bits per heavy atom. The Morgan fingerprint density at radius 3 is 1.73 bits per heavy atom. The van der Waals surface area contributed by atoms with E-state index in [0.29, 0.717) is 28.4 Å². The number of Topliss-reactive ketones (excluding diaryl/α,β-unsaturated/α-hetero) is 1. The quantitative estimate of drug-likeness (QED) is 0.269. The zero-order chi connectivity index (χ0) is 24.4. The van der Waals surface area contributed by atoms with E-state index >= 15 is 0 Å². The van der Waals surface area contributed by atoms with Crippen LogP contribution in [0.2, 0.25) is 0 Å². The van der Waals surface area contributed by atoms with E-state index in [0.717, 1.165) is 0 Å². The molecule has 2 rings (SSSR count). The summed E-state index contributed by atoms with van der Waals surface area (Å²) in [6, 6.07) is 11.9. The predicted octanol–water partition coefficient (Wildman–Crippen LogP) is 3.81. The number of hydrogen-bond acceptors (Lipinski definition) is 8. The Hall–Kier alpha value is -3.55. The average Bonchev–Trinajstić information content (AvgIpc) is 2.83. The number of hydrogen-bond donors (Lipinski definition) is 0. The van der Waals surface area contributed by atoms with Crippen molar-refractivity contribution in [3.05, 3.63) is 53.6 Å². The zero-order valence-corrected chi connectivity index (χ0v) is 19.6. The lowest BCUT2D eigenvalue weighted by atomic mass is 9.81. The van der Waals surface area contributed by atoms with Crippen LogP contribution in [-0.2, 0) is 19.1 Å². The molecule has 0 radical (unpaired) electrons. The van der Waals surface area contributed by atoms with Crippen LogP contribution < -0.4 is 14.2 Å². The summed E-state index contributed by atoms with van der Waals surface area (Å²) in [5.41, 5.74) is 0.932. The first kappa shape index (κ1) is 25.7. The molecule has 178 valence electrons. The first-order valence-corrected chi connectivity index (χ1v) is 10.6. The van der Waals surface area contributed by atoms with Gasteiger partial charge in [0.1, 0.15) is 0 Å². The van der Waals surface area contributed by atoms with Gasteiger partial charge >= 0.3 is 11.9 Å². The largest absolute Gasteiger partial charge is 0.493 e. The summed E-state index contributed by atoms with van der Waals surface area (Å²) in [7, 11) is 4.38. The summed E-state index contributed by atoms with van der Waals surface area (Å²) < 4.78 is 26.6. The first-order chi connectivity index (χ1) is 15.9. The molecule has 0 aliphatic carbocycles. The molecule has 0 bridgehead atoms. The van der Waals surface area contributed by atoms with Crippen LogP contribution in [0.3, 0.4) is 0 Å². The number of methoxy groups -OCH3 is 3. The van der Waals surface area contributed by atoms with E-state index in [-0.39, 0.29) is 25.4 Å². The normalized spacial score (nSPS) is 11.5. The van der Waals surface area contributed by atoms with Crippen LogP contribution in [-0.4, -0.2) is 52.3 Å². The van der Waals surface area contributed by atoms with Crippen LogP contribution in [0.5, 0.6) is 17.2 Å². The number of carbonyl (C=O) groups is 3. The molecule has 0 N–H and O–H groups in total. The molecule has 0 fully saturated rings. The maximum Gasteiger partial charge on any atom is 0.320 e. The summed E-state index contributed by atoms with van der Waals surface area (Å²) in [6.07, 6.45) is -0.148. The van der Waals surface area contributed by atoms with Crippen molar-refractivity contribution in [2.45, 2.75) is 26.2 Å². The fourth-order valence-electron chi connectivity index (χ4n) is 3.57. The SMILES string of the molecule is CCOC(=O)C(C(=O)OCC)C(CC(=O)c1ccccc1)c1cc(OC)c(OC)c(OC)c1. The molecule has 0 spiro atoms. The van der Waals surface area contributed by atoms with Crippen LogP contribution >= 0.6 is 0 Å². The third kappa shape index (κ3) is 6.25. The third-order valence-electron chi connectivity index (χ3n) is 5.10. The second kappa shape index (κ2) is 12.5. The van der Waals surface area contributed by atoms with E-state index < -0.39 is 23.8 Å². The smallest absolute Gasteiger partial charge is 0.320 e. The lowest BCUT2D eigenvalue weighted by Gasteiger charge is -2.25. The number of esters is 2. The molecule has 1 unspecified atom stereocenters. The topological polar surface area (TPSA) is 97.4 Å². The van der Waals surface area contributed by atoms with Crippen molar-refractivity contribution in [2.24, 2.45) is 5.92 Å². The first-order valence-electron chi connectivity index (χ1n) is 10.6. The molecule has 0 heterocycles. The van der Waals surface area contributed by atoms with E-state index in [1.165, 1.54) is 21.3 Å². The fraction of sp³-hybridized carbons (Fsp3) is 0.400. The highest BCUT2D eigenvalue weighted by Gasteiger charge is 2.40. The van der Waals surface area contributed by atoms with Crippen LogP contribution in [0.4, 0.5) is 0 Å². The summed E-state index contributed by atoms with van der Waals surface area (Å²) in [4.78, 5) is 38.9. The van der Waals surface area contributed by atoms with Gasteiger partial charge in [-0.05, 0) is 31.5 Å². The van der Waals surface area contributed by atoms with E-state index in [4.69, 9.17) is 23.7 Å². The van der Waals surface area contributed by atoms with Gasteiger partial charge in [-0.1, -0.05) is 30.3 Å². The second-order valence-electron chi connectivity index (χ2n) is 7.04. The minimum atomic E-state index is -1.36. The molecule has 0 saturated carbocycles. The Kier molecular flexibility index (Phi) is 9.72. The van der Waals surface area contributed by atoms with Gasteiger partial charge in [-0.3, -0.25) is 14.4 Å². The van der Waals surface area contributed by atoms with Crippen LogP contribution in [0.15, 0.2) is 42.5 Å². The van der Waals surface area contributed by atoms with Crippen molar-refractivity contribution in [2.75, 3.05) is 34.5 Å². The zero-order valence-electron chi connectivity index (χ0n) is 19.6. The van der Waals surface area contributed by atoms with Gasteiger partial charge < -0.3 is 23.7 Å². The number of ketones is 1. The Morgan fingerprint density at radius 1 is 0.788 bits per heavy atom. The van der Waals surface area contributed by atoms with Gasteiger partial charge in [0.2, 0.25) is 5.75 Å². The Labute approximate surface area is 193 Å². The second-order valence-corrected chi connectivity index (χ2v) is 7.04. The van der Waals surface area contributed by atoms with Gasteiger partial charge in [0, 0.05) is 17.9 Å². The van der Waals surface area contributed by atoms with Crippen molar-refractivity contribution in [3.8, 4) is 17.2 Å². The molecule has 8 nitrogen and oxygen atoms in total. The van der Waals surface area contributed by atoms with Crippen molar-refractivity contribution in [3.63, 3.8) is 0 Å². The van der Waals surface area contributed by atoms with E-state index in [2.05, 4.69) is 0 Å². The molecule has 8 heteroatoms. The molecular weight excluding hydrogens is 428 g/mol. The van der Waals surface area contributed by atoms with Crippen LogP contribution in [0.1, 0.15) is 42.1 Å². The maximum absolute atomic E-state index is 13.1. The molecule has 33 heavy (non-hydrogen) atoms. The lowest BCUT2D eigenvalue weighted by molar-refractivity contribution is -0.162. The summed E-state index contributed by atoms with van der Waals surface area (Å²) in [5.74, 6) is -3.03. The third-order valence-corrected chi connectivity index (χ3v) is 5.10. The molecular formula is C25H30O8. The molecule has 0 saturated heterocycles. The van der Waals surface area contributed by atoms with Gasteiger partial charge in [0.25, 0.3) is 0 Å². The monoisotopic (exact) mass is 458 g/mol. The molecule has 1 atom stereocenters. The van der Waals surface area contributed by atoms with Crippen molar-refractivity contribution < 1.29 is 38.1 Å². The lowest BCUT2D eigenvalue weighted by Crippen LogP contribution is -2.34. The molecule has 2 aromatic carbocycles. The van der Waals surface area contributed by atoms with E-state index in [9.17, 15) is 14.4 Å². The molecule has 0 aliphatic heterocycles. The average molecular weight is 459 g/mol. The number of ether oxygens (including phenoxy) is 5. The summed E-state index contributed by atoms with van der Waals surface area (Å²) >= 11 is 0. The summed E-state index contributed by atoms with van der Waals surface area (Å²) in [6.45, 7) is 3.43. The minimum Gasteiger partial charge on any atom is -0.493 e. The van der Waals surface area contributed by atoms with Crippen molar-refractivity contribution in [1.29, 1.82) is 0 Å². The Bertz CT molecular complexity index is 911. The highest BCUT2D eigenvalue weighted by Crippen LogP contribution is 2.43. The predicted molar refractivity (Wildman–Crippen MR) is 121 cm³/mol. The fourth-order valence-corrected chi connectivity index (χ4v) is 3.57. The molecule has 2 aromatic rings. The van der Waals surface area contributed by atoms with Crippen molar-refractivity contribution in [1.82, 2.24) is 0 Å². The number of carbonyl (C=O) groups excluding carboxylic acids is 3. The van der Waals surface area contributed by atoms with Crippen LogP contribution in [0, 0.1) is 5.92 Å². The Balaban J connectivity index is 2.66. The van der Waals surface area contributed by atoms with Gasteiger partial charge in [-0.2, -0.15) is 0 Å². The molecule has 0 aromatic heterocycles. The number of rotatable bonds is 12. The van der Waals surface area contributed by atoms with Gasteiger partial charge in [0.05, 0.1) is 34.5 Å². The van der Waals surface area contributed by atoms with Gasteiger partial charge in [0.15, 0.2) is 23.2 Å². The minimum absolute atomic E-state index is 0.0728. The van der Waals surface area contributed by atoms with E-state index in [1.807, 2.05) is 0 Å². The molecule has 0 aliphatic rings. The molecule has 0 amide bonds. The highest BCUT2D eigenvalue weighted by atomic mass is 16.6. The van der Waals surface area contributed by atoms with Gasteiger partial charge in [-0.25, -0.2) is 0 Å². The standard InChI is InChI=1S/C25H30O8/c1-6-32-24(27)22(25(28)33-7-2)18(15-19(26)16-11-9-8-10-12-16)17-13-20(29-3)23(31-5)21(14-17)30-4/h8-14,18,22H,6-7,15H2,1-5H3. The number of benzene rings is 2. The van der Waals surface area contributed by atoms with Gasteiger partial charge in [-0.15, -0.1) is 0 Å². The van der Waals surface area contributed by atoms with Crippen LogP contribution in [0.25, 0.3) is 0 Å². The summed E-state index contributed by atoms with van der Waals surface area (Å²) in [5, 5.41) is 0. The highest BCUT2D eigenvalue weighted by molar-refractivity contribution is 6.00. The van der Waals surface area contributed by atoms with Crippen molar-refractivity contribution >= 4 is 17.7 Å². The van der Waals surface area contributed by atoms with E-state index in [1.54, 1.807) is 56.3 Å².